The first kappa shape index (κ1) is 22.7. The first-order valence-corrected chi connectivity index (χ1v) is 11.9. The van der Waals surface area contributed by atoms with Gasteiger partial charge in [-0.3, -0.25) is 4.79 Å². The van der Waals surface area contributed by atoms with Crippen molar-refractivity contribution in [2.24, 2.45) is 0 Å². The maximum atomic E-state index is 13.3. The molecule has 1 aliphatic carbocycles. The van der Waals surface area contributed by atoms with Crippen molar-refractivity contribution in [1.82, 2.24) is 9.62 Å². The summed E-state index contributed by atoms with van der Waals surface area (Å²) < 4.78 is 41.1. The van der Waals surface area contributed by atoms with Gasteiger partial charge in [0, 0.05) is 11.1 Å². The third-order valence-corrected chi connectivity index (χ3v) is 7.61. The Hall–Kier alpha value is -1.96. The molecule has 0 saturated heterocycles. The predicted molar refractivity (Wildman–Crippen MR) is 115 cm³/mol. The van der Waals surface area contributed by atoms with Gasteiger partial charge in [-0.25, -0.2) is 12.8 Å². The van der Waals surface area contributed by atoms with Gasteiger partial charge in [0.15, 0.2) is 0 Å². The van der Waals surface area contributed by atoms with Crippen LogP contribution in [0.5, 0.6) is 0 Å². The third kappa shape index (κ3) is 5.59. The van der Waals surface area contributed by atoms with Crippen molar-refractivity contribution in [2.45, 2.75) is 56.0 Å². The molecule has 3 rings (SSSR count). The van der Waals surface area contributed by atoms with Gasteiger partial charge in [-0.05, 0) is 61.7 Å². The zero-order valence-electron chi connectivity index (χ0n) is 16.9. The summed E-state index contributed by atoms with van der Waals surface area (Å²) in [6.45, 7) is 1.56. The van der Waals surface area contributed by atoms with Crippen LogP contribution in [0.15, 0.2) is 53.4 Å². The number of rotatable bonds is 7. The smallest absolute Gasteiger partial charge is 0.243 e. The van der Waals surface area contributed by atoms with E-state index in [1.54, 1.807) is 12.1 Å². The van der Waals surface area contributed by atoms with Crippen molar-refractivity contribution >= 4 is 27.5 Å². The Balaban J connectivity index is 1.79. The molecule has 1 amide bonds. The maximum absolute atomic E-state index is 13.3. The Bertz CT molecular complexity index is 959. The summed E-state index contributed by atoms with van der Waals surface area (Å²) in [5.74, 6) is -0.888. The first-order chi connectivity index (χ1) is 14.3. The van der Waals surface area contributed by atoms with Crippen molar-refractivity contribution in [3.63, 3.8) is 0 Å². The van der Waals surface area contributed by atoms with E-state index in [9.17, 15) is 17.6 Å². The SMILES string of the molecule is CC(NC(=O)CN(C1CCCCC1)S(=O)(=O)c1ccc(F)cc1)c1ccc(Cl)cc1. The highest BCUT2D eigenvalue weighted by Gasteiger charge is 2.34. The van der Waals surface area contributed by atoms with Crippen molar-refractivity contribution in [2.75, 3.05) is 6.54 Å². The molecule has 30 heavy (non-hydrogen) atoms. The van der Waals surface area contributed by atoms with E-state index in [1.165, 1.54) is 16.4 Å². The van der Waals surface area contributed by atoms with E-state index in [1.807, 2.05) is 19.1 Å². The summed E-state index contributed by atoms with van der Waals surface area (Å²) in [6, 6.07) is 11.3. The van der Waals surface area contributed by atoms with E-state index < -0.39 is 15.8 Å². The zero-order chi connectivity index (χ0) is 21.7. The van der Waals surface area contributed by atoms with Crippen LogP contribution >= 0.6 is 11.6 Å². The fourth-order valence-electron chi connectivity index (χ4n) is 3.78. The van der Waals surface area contributed by atoms with Gasteiger partial charge in [0.25, 0.3) is 0 Å². The molecule has 162 valence electrons. The lowest BCUT2D eigenvalue weighted by Crippen LogP contribution is -2.47. The molecule has 8 heteroatoms. The van der Waals surface area contributed by atoms with Gasteiger partial charge >= 0.3 is 0 Å². The molecule has 2 aromatic rings. The van der Waals surface area contributed by atoms with E-state index >= 15 is 0 Å². The highest BCUT2D eigenvalue weighted by atomic mass is 35.5. The van der Waals surface area contributed by atoms with Crippen LogP contribution in [0, 0.1) is 5.82 Å². The number of benzene rings is 2. The van der Waals surface area contributed by atoms with Crippen LogP contribution in [-0.4, -0.2) is 31.2 Å². The molecule has 1 unspecified atom stereocenters. The highest BCUT2D eigenvalue weighted by molar-refractivity contribution is 7.89. The Morgan fingerprint density at radius 3 is 2.30 bits per heavy atom. The zero-order valence-corrected chi connectivity index (χ0v) is 18.4. The second-order valence-electron chi connectivity index (χ2n) is 7.64. The number of carbonyl (C=O) groups excluding carboxylic acids is 1. The average Bonchev–Trinajstić information content (AvgIpc) is 2.73. The molecule has 0 bridgehead atoms. The van der Waals surface area contributed by atoms with Crippen LogP contribution in [0.2, 0.25) is 5.02 Å². The first-order valence-electron chi connectivity index (χ1n) is 10.1. The molecule has 2 aromatic carbocycles. The number of carbonyl (C=O) groups is 1. The topological polar surface area (TPSA) is 66.5 Å². The van der Waals surface area contributed by atoms with Gasteiger partial charge in [0.2, 0.25) is 15.9 Å². The summed E-state index contributed by atoms with van der Waals surface area (Å²) >= 11 is 5.91. The van der Waals surface area contributed by atoms with E-state index in [4.69, 9.17) is 11.6 Å². The molecule has 0 aliphatic heterocycles. The number of nitrogens with one attached hydrogen (secondary N) is 1. The fraction of sp³-hybridized carbons (Fsp3) is 0.409. The number of hydrogen-bond donors (Lipinski definition) is 1. The minimum atomic E-state index is -3.93. The number of sulfonamides is 1. The standard InChI is InChI=1S/C22H26ClFN2O3S/c1-16(17-7-9-18(23)10-8-17)25-22(27)15-26(20-5-3-2-4-6-20)30(28,29)21-13-11-19(24)12-14-21/h7-14,16,20H,2-6,15H2,1H3,(H,25,27). The summed E-state index contributed by atoms with van der Waals surface area (Å²) in [5, 5.41) is 3.47. The van der Waals surface area contributed by atoms with E-state index in [0.29, 0.717) is 17.9 Å². The van der Waals surface area contributed by atoms with E-state index in [-0.39, 0.29) is 29.4 Å². The van der Waals surface area contributed by atoms with Crippen LogP contribution in [-0.2, 0) is 14.8 Å². The van der Waals surface area contributed by atoms with Gasteiger partial charge in [-0.2, -0.15) is 4.31 Å². The van der Waals surface area contributed by atoms with Crippen LogP contribution in [0.3, 0.4) is 0 Å². The summed E-state index contributed by atoms with van der Waals surface area (Å²) in [7, 11) is -3.93. The maximum Gasteiger partial charge on any atom is 0.243 e. The molecule has 0 radical (unpaired) electrons. The monoisotopic (exact) mass is 452 g/mol. The van der Waals surface area contributed by atoms with Crippen molar-refractivity contribution in [3.05, 3.63) is 64.9 Å². The molecule has 1 aliphatic rings. The quantitative estimate of drug-likeness (QED) is 0.663. The highest BCUT2D eigenvalue weighted by Crippen LogP contribution is 2.28. The number of amides is 1. The third-order valence-electron chi connectivity index (χ3n) is 5.45. The van der Waals surface area contributed by atoms with Gasteiger partial charge in [-0.15, -0.1) is 0 Å². The van der Waals surface area contributed by atoms with Crippen molar-refractivity contribution in [3.8, 4) is 0 Å². The molecule has 1 fully saturated rings. The number of hydrogen-bond acceptors (Lipinski definition) is 3. The Morgan fingerprint density at radius 2 is 1.70 bits per heavy atom. The Kier molecular flexibility index (Phi) is 7.50. The number of nitrogens with zero attached hydrogens (tertiary/aromatic N) is 1. The molecule has 1 atom stereocenters. The molecule has 0 spiro atoms. The predicted octanol–water partition coefficient (Wildman–Crippen LogP) is 4.68. The average molecular weight is 453 g/mol. The lowest BCUT2D eigenvalue weighted by Gasteiger charge is -2.33. The number of halogens is 2. The molecule has 5 nitrogen and oxygen atoms in total. The molecular weight excluding hydrogens is 427 g/mol. The molecule has 0 heterocycles. The Morgan fingerprint density at radius 1 is 1.10 bits per heavy atom. The fourth-order valence-corrected chi connectivity index (χ4v) is 5.55. The Labute approximate surface area is 182 Å². The molecule has 1 N–H and O–H groups in total. The van der Waals surface area contributed by atoms with Gasteiger partial charge in [0.05, 0.1) is 17.5 Å². The summed E-state index contributed by atoms with van der Waals surface area (Å²) in [5.41, 5.74) is 0.873. The summed E-state index contributed by atoms with van der Waals surface area (Å²) in [4.78, 5) is 12.8. The van der Waals surface area contributed by atoms with Crippen molar-refractivity contribution < 1.29 is 17.6 Å². The van der Waals surface area contributed by atoms with E-state index in [0.717, 1.165) is 37.0 Å². The second-order valence-corrected chi connectivity index (χ2v) is 9.96. The van der Waals surface area contributed by atoms with Crippen LogP contribution in [0.25, 0.3) is 0 Å². The normalized spacial score (nSPS) is 16.4. The van der Waals surface area contributed by atoms with Crippen LogP contribution < -0.4 is 5.32 Å². The van der Waals surface area contributed by atoms with Gasteiger partial charge in [0.1, 0.15) is 5.82 Å². The second kappa shape index (κ2) is 9.90. The summed E-state index contributed by atoms with van der Waals surface area (Å²) in [6.07, 6.45) is 4.31. The van der Waals surface area contributed by atoms with Crippen LogP contribution in [0.1, 0.15) is 50.6 Å². The molecular formula is C22H26ClFN2O3S. The van der Waals surface area contributed by atoms with Crippen molar-refractivity contribution in [1.29, 1.82) is 0 Å². The van der Waals surface area contributed by atoms with Gasteiger partial charge < -0.3 is 5.32 Å². The molecule has 0 aromatic heterocycles. The van der Waals surface area contributed by atoms with Crippen LogP contribution in [0.4, 0.5) is 4.39 Å². The lowest BCUT2D eigenvalue weighted by atomic mass is 9.95. The molecule has 1 saturated carbocycles. The minimum absolute atomic E-state index is 0.00646. The van der Waals surface area contributed by atoms with E-state index in [2.05, 4.69) is 5.32 Å². The minimum Gasteiger partial charge on any atom is -0.348 e. The lowest BCUT2D eigenvalue weighted by molar-refractivity contribution is -0.122. The van der Waals surface area contributed by atoms with Gasteiger partial charge in [-0.1, -0.05) is 43.0 Å². The largest absolute Gasteiger partial charge is 0.348 e.